The van der Waals surface area contributed by atoms with Crippen molar-refractivity contribution in [3.63, 3.8) is 0 Å². The molecule has 7 nitrogen and oxygen atoms in total. The largest absolute Gasteiger partial charge is 0.467 e. The smallest absolute Gasteiger partial charge is 0.318 e. The number of nitriles is 1. The molecule has 5 rings (SSSR count). The Hall–Kier alpha value is -2.15. The van der Waals surface area contributed by atoms with Crippen LogP contribution in [0.4, 0.5) is 0 Å². The van der Waals surface area contributed by atoms with E-state index >= 15 is 0 Å². The van der Waals surface area contributed by atoms with Gasteiger partial charge in [-0.1, -0.05) is 12.8 Å². The van der Waals surface area contributed by atoms with Crippen LogP contribution in [0.3, 0.4) is 0 Å². The summed E-state index contributed by atoms with van der Waals surface area (Å²) in [5.41, 5.74) is 2.36. The van der Waals surface area contributed by atoms with Gasteiger partial charge in [-0.3, -0.25) is 4.68 Å². The van der Waals surface area contributed by atoms with Crippen LogP contribution in [-0.2, 0) is 5.54 Å². The van der Waals surface area contributed by atoms with Gasteiger partial charge in [0.05, 0.1) is 41.9 Å². The molecule has 3 aromatic rings. The molecule has 27 heavy (non-hydrogen) atoms. The third kappa shape index (κ3) is 2.47. The Morgan fingerprint density at radius 3 is 2.89 bits per heavy atom. The minimum absolute atomic E-state index is 0.0562. The van der Waals surface area contributed by atoms with Gasteiger partial charge in [0.1, 0.15) is 5.65 Å². The summed E-state index contributed by atoms with van der Waals surface area (Å²) in [5, 5.41) is 15.2. The van der Waals surface area contributed by atoms with E-state index in [1.165, 1.54) is 25.7 Å². The molecule has 2 atom stereocenters. The molecule has 0 spiro atoms. The number of methoxy groups -OCH3 is 1. The summed E-state index contributed by atoms with van der Waals surface area (Å²) < 4.78 is 8.38. The lowest BCUT2D eigenvalue weighted by molar-refractivity contribution is 0.270. The number of aromatic nitrogens is 5. The van der Waals surface area contributed by atoms with Gasteiger partial charge in [0.25, 0.3) is 0 Å². The van der Waals surface area contributed by atoms with Crippen LogP contribution in [0.25, 0.3) is 22.3 Å². The summed E-state index contributed by atoms with van der Waals surface area (Å²) in [5.74, 6) is 0.600. The maximum Gasteiger partial charge on any atom is 0.318 e. The highest BCUT2D eigenvalue weighted by Crippen LogP contribution is 2.59. The van der Waals surface area contributed by atoms with Crippen LogP contribution in [-0.4, -0.2) is 31.8 Å². The Kier molecular flexibility index (Phi) is 3.89. The summed E-state index contributed by atoms with van der Waals surface area (Å²) in [6.45, 7) is 0. The number of nitrogens with one attached hydrogen (secondary N) is 1. The average molecular weight is 474 g/mol. The van der Waals surface area contributed by atoms with Gasteiger partial charge in [-0.2, -0.15) is 20.3 Å². The molecular weight excluding hydrogens is 455 g/mol. The van der Waals surface area contributed by atoms with Crippen LogP contribution in [0.5, 0.6) is 6.01 Å². The molecule has 8 heteroatoms. The zero-order valence-electron chi connectivity index (χ0n) is 14.9. The predicted octanol–water partition coefficient (Wildman–Crippen LogP) is 3.86. The molecule has 0 amide bonds. The topological polar surface area (TPSA) is 92.4 Å². The first-order valence-electron chi connectivity index (χ1n) is 9.21. The lowest BCUT2D eigenvalue weighted by Gasteiger charge is -2.23. The standard InChI is InChI=1S/C19H19IN6O/c1-27-18-24-16(15-14(20)9-22-17(15)25-18)11-8-23-26(10-11)19(6-13(19)7-21)12-4-2-3-5-12/h8-10,12-13H,2-6H2,1H3,(H,22,24,25)/t13?,19-/m1/s1. The summed E-state index contributed by atoms with van der Waals surface area (Å²) >= 11 is 2.28. The van der Waals surface area contributed by atoms with E-state index in [9.17, 15) is 5.26 Å². The van der Waals surface area contributed by atoms with E-state index in [0.29, 0.717) is 11.9 Å². The van der Waals surface area contributed by atoms with Crippen molar-refractivity contribution in [3.8, 4) is 23.3 Å². The maximum atomic E-state index is 9.57. The number of H-pyrrole nitrogens is 1. The normalized spacial score (nSPS) is 25.0. The second-order valence-electron chi connectivity index (χ2n) is 7.45. The Morgan fingerprint density at radius 2 is 2.19 bits per heavy atom. The quantitative estimate of drug-likeness (QED) is 0.580. The molecule has 2 fully saturated rings. The number of fused-ring (bicyclic) bond motifs is 1. The van der Waals surface area contributed by atoms with Crippen molar-refractivity contribution in [2.24, 2.45) is 11.8 Å². The molecule has 0 aromatic carbocycles. The lowest BCUT2D eigenvalue weighted by atomic mass is 9.93. The Balaban J connectivity index is 1.61. The van der Waals surface area contributed by atoms with Crippen molar-refractivity contribution in [3.05, 3.63) is 22.2 Å². The fraction of sp³-hybridized carbons (Fsp3) is 0.474. The summed E-state index contributed by atoms with van der Waals surface area (Å²) in [7, 11) is 1.57. The molecule has 0 saturated heterocycles. The van der Waals surface area contributed by atoms with E-state index < -0.39 is 0 Å². The highest BCUT2D eigenvalue weighted by atomic mass is 127. The van der Waals surface area contributed by atoms with E-state index in [1.807, 2.05) is 17.1 Å². The van der Waals surface area contributed by atoms with E-state index in [4.69, 9.17) is 9.84 Å². The molecule has 0 aliphatic heterocycles. The van der Waals surface area contributed by atoms with Crippen LogP contribution in [0.15, 0.2) is 18.6 Å². The minimum Gasteiger partial charge on any atom is -0.467 e. The van der Waals surface area contributed by atoms with Crippen LogP contribution in [0.2, 0.25) is 0 Å². The van der Waals surface area contributed by atoms with E-state index in [2.05, 4.69) is 49.8 Å². The summed E-state index contributed by atoms with van der Waals surface area (Å²) in [6, 6.07) is 2.82. The molecule has 1 unspecified atom stereocenters. The molecule has 138 valence electrons. The monoisotopic (exact) mass is 474 g/mol. The number of aromatic amines is 1. The van der Waals surface area contributed by atoms with Crippen LogP contribution in [0.1, 0.15) is 32.1 Å². The highest BCUT2D eigenvalue weighted by molar-refractivity contribution is 14.1. The number of hydrogen-bond acceptors (Lipinski definition) is 5. The molecule has 0 radical (unpaired) electrons. The number of halogens is 1. The van der Waals surface area contributed by atoms with Gasteiger partial charge in [-0.15, -0.1) is 0 Å². The SMILES string of the molecule is COc1nc(-c2cnn([C@@]3(C4CCCC4)CC3C#N)c2)c2c(I)c[nH]c2n1. The van der Waals surface area contributed by atoms with Crippen molar-refractivity contribution in [1.29, 1.82) is 5.26 Å². The predicted molar refractivity (Wildman–Crippen MR) is 108 cm³/mol. The first kappa shape index (κ1) is 17.0. The molecule has 3 aromatic heterocycles. The Bertz CT molecular complexity index is 1060. The van der Waals surface area contributed by atoms with Crippen LogP contribution < -0.4 is 4.74 Å². The number of rotatable bonds is 4. The summed E-state index contributed by atoms with van der Waals surface area (Å²) in [4.78, 5) is 12.2. The Morgan fingerprint density at radius 1 is 1.37 bits per heavy atom. The van der Waals surface area contributed by atoms with Gasteiger partial charge >= 0.3 is 6.01 Å². The first-order chi connectivity index (χ1) is 13.2. The van der Waals surface area contributed by atoms with Crippen LogP contribution >= 0.6 is 22.6 Å². The zero-order valence-corrected chi connectivity index (χ0v) is 17.1. The highest BCUT2D eigenvalue weighted by Gasteiger charge is 2.62. The zero-order chi connectivity index (χ0) is 18.6. The van der Waals surface area contributed by atoms with Crippen molar-refractivity contribution in [2.75, 3.05) is 7.11 Å². The maximum absolute atomic E-state index is 9.57. The van der Waals surface area contributed by atoms with E-state index in [1.54, 1.807) is 7.11 Å². The molecule has 2 saturated carbocycles. The second kappa shape index (κ2) is 6.19. The third-order valence-corrected chi connectivity index (χ3v) is 6.97. The second-order valence-corrected chi connectivity index (χ2v) is 8.61. The van der Waals surface area contributed by atoms with Crippen molar-refractivity contribution in [1.82, 2.24) is 24.7 Å². The average Bonchev–Trinajstić information content (AvgIpc) is 3.17. The fourth-order valence-electron chi connectivity index (χ4n) is 4.69. The van der Waals surface area contributed by atoms with Crippen molar-refractivity contribution >= 4 is 33.6 Å². The first-order valence-corrected chi connectivity index (χ1v) is 10.3. The molecule has 0 bridgehead atoms. The van der Waals surface area contributed by atoms with Crippen LogP contribution in [0, 0.1) is 26.7 Å². The minimum atomic E-state index is -0.134. The molecule has 3 heterocycles. The van der Waals surface area contributed by atoms with Gasteiger partial charge in [0.2, 0.25) is 0 Å². The third-order valence-electron chi connectivity index (χ3n) is 6.12. The number of hydrogen-bond donors (Lipinski definition) is 1. The lowest BCUT2D eigenvalue weighted by Crippen LogP contribution is -2.28. The van der Waals surface area contributed by atoms with Gasteiger partial charge in [-0.25, -0.2) is 0 Å². The molecular formula is C19H19IN6O. The van der Waals surface area contributed by atoms with Gasteiger partial charge in [-0.05, 0) is 47.8 Å². The van der Waals surface area contributed by atoms with Gasteiger partial charge in [0, 0.05) is 21.5 Å². The van der Waals surface area contributed by atoms with E-state index in [0.717, 1.165) is 32.3 Å². The Labute approximate surface area is 170 Å². The molecule has 2 aliphatic carbocycles. The number of nitrogens with zero attached hydrogens (tertiary/aromatic N) is 5. The molecule has 1 N–H and O–H groups in total. The van der Waals surface area contributed by atoms with Gasteiger partial charge < -0.3 is 9.72 Å². The van der Waals surface area contributed by atoms with E-state index in [-0.39, 0.29) is 11.5 Å². The van der Waals surface area contributed by atoms with Crippen molar-refractivity contribution in [2.45, 2.75) is 37.6 Å². The van der Waals surface area contributed by atoms with Gasteiger partial charge in [0.15, 0.2) is 0 Å². The molecule has 2 aliphatic rings. The summed E-state index contributed by atoms with van der Waals surface area (Å²) in [6.07, 6.45) is 11.6. The van der Waals surface area contributed by atoms with Crippen molar-refractivity contribution < 1.29 is 4.74 Å². The fourth-order valence-corrected chi connectivity index (χ4v) is 5.36. The number of ether oxygens (including phenoxy) is 1.